The third-order valence-electron chi connectivity index (χ3n) is 3.17. The number of aryl methyl sites for hydroxylation is 1. The summed E-state index contributed by atoms with van der Waals surface area (Å²) in [4.78, 5) is 19.9. The monoisotopic (exact) mass is 357 g/mol. The number of benzene rings is 1. The van der Waals surface area contributed by atoms with Crippen molar-refractivity contribution in [3.05, 3.63) is 57.4 Å². The van der Waals surface area contributed by atoms with Crippen molar-refractivity contribution in [2.24, 2.45) is 7.05 Å². The Labute approximate surface area is 134 Å². The largest absolute Gasteiger partial charge is 0.368 e. The molecule has 0 radical (unpaired) electrons. The molecular weight excluding hydrogens is 346 g/mol. The summed E-state index contributed by atoms with van der Waals surface area (Å²) < 4.78 is 2.16. The van der Waals surface area contributed by atoms with Crippen molar-refractivity contribution in [2.45, 2.75) is 0 Å². The van der Waals surface area contributed by atoms with Crippen molar-refractivity contribution in [3.63, 3.8) is 0 Å². The van der Waals surface area contributed by atoms with E-state index in [1.54, 1.807) is 19.3 Å². The average Bonchev–Trinajstić information content (AvgIpc) is 2.51. The lowest BCUT2D eigenvalue weighted by molar-refractivity contribution is 0.712. The van der Waals surface area contributed by atoms with E-state index in [0.29, 0.717) is 17.0 Å². The number of rotatable bonds is 2. The second-order valence-electron chi connectivity index (χ2n) is 4.65. The van der Waals surface area contributed by atoms with Gasteiger partial charge >= 0.3 is 0 Å². The van der Waals surface area contributed by atoms with Gasteiger partial charge in [-0.3, -0.25) is 4.79 Å². The van der Waals surface area contributed by atoms with Crippen molar-refractivity contribution in [3.8, 4) is 22.5 Å². The van der Waals surface area contributed by atoms with Crippen LogP contribution in [0.4, 0.5) is 5.95 Å². The van der Waals surface area contributed by atoms with E-state index in [0.717, 1.165) is 10.0 Å². The van der Waals surface area contributed by atoms with Gasteiger partial charge in [-0.05, 0) is 12.1 Å². The van der Waals surface area contributed by atoms with Gasteiger partial charge in [0.2, 0.25) is 5.95 Å². The zero-order valence-electron chi connectivity index (χ0n) is 11.7. The molecule has 0 fully saturated rings. The van der Waals surface area contributed by atoms with Gasteiger partial charge in [0.05, 0.1) is 11.4 Å². The maximum atomic E-state index is 11.5. The molecule has 0 amide bonds. The number of anilines is 1. The summed E-state index contributed by atoms with van der Waals surface area (Å²) in [6, 6.07) is 10.8. The van der Waals surface area contributed by atoms with Crippen LogP contribution in [-0.2, 0) is 7.05 Å². The standard InChI is InChI=1S/C15H12BrN5O/c1-21-13(22)7-6-12(20-21)10-8-18-15(17)19-14(10)9-4-2-3-5-11(9)16/h2-8H,1H3,(H2,17,18,19). The molecule has 0 saturated carbocycles. The zero-order valence-corrected chi connectivity index (χ0v) is 13.3. The minimum Gasteiger partial charge on any atom is -0.368 e. The fraction of sp³-hybridized carbons (Fsp3) is 0.0667. The molecule has 0 atom stereocenters. The van der Waals surface area contributed by atoms with Gasteiger partial charge in [0.25, 0.3) is 5.56 Å². The molecule has 0 aliphatic rings. The van der Waals surface area contributed by atoms with Crippen LogP contribution in [0.15, 0.2) is 51.9 Å². The number of nitrogens with zero attached hydrogens (tertiary/aromatic N) is 4. The maximum Gasteiger partial charge on any atom is 0.266 e. The first-order valence-corrected chi connectivity index (χ1v) is 7.27. The van der Waals surface area contributed by atoms with Crippen LogP contribution in [0, 0.1) is 0 Å². The first kappa shape index (κ1) is 14.4. The molecule has 0 unspecified atom stereocenters. The summed E-state index contributed by atoms with van der Waals surface area (Å²) in [5.41, 5.74) is 8.40. The van der Waals surface area contributed by atoms with Gasteiger partial charge in [-0.25, -0.2) is 14.6 Å². The van der Waals surface area contributed by atoms with Gasteiger partial charge < -0.3 is 5.73 Å². The van der Waals surface area contributed by atoms with E-state index in [9.17, 15) is 4.79 Å². The van der Waals surface area contributed by atoms with E-state index in [1.165, 1.54) is 10.7 Å². The lowest BCUT2D eigenvalue weighted by Gasteiger charge is -2.10. The molecular formula is C15H12BrN5O. The highest BCUT2D eigenvalue weighted by atomic mass is 79.9. The number of nitrogen functional groups attached to an aromatic ring is 1. The maximum absolute atomic E-state index is 11.5. The van der Waals surface area contributed by atoms with Crippen LogP contribution in [0.3, 0.4) is 0 Å². The van der Waals surface area contributed by atoms with Crippen molar-refractivity contribution in [1.82, 2.24) is 19.7 Å². The smallest absolute Gasteiger partial charge is 0.266 e. The topological polar surface area (TPSA) is 86.7 Å². The lowest BCUT2D eigenvalue weighted by atomic mass is 10.0. The Morgan fingerprint density at radius 1 is 1.14 bits per heavy atom. The third kappa shape index (κ3) is 2.62. The van der Waals surface area contributed by atoms with Gasteiger partial charge in [0, 0.05) is 34.9 Å². The number of halogens is 1. The molecule has 3 aromatic rings. The molecule has 1 aromatic carbocycles. The predicted octanol–water partition coefficient (Wildman–Crippen LogP) is 2.25. The van der Waals surface area contributed by atoms with Crippen LogP contribution in [0.25, 0.3) is 22.5 Å². The molecule has 6 nitrogen and oxygen atoms in total. The summed E-state index contributed by atoms with van der Waals surface area (Å²) >= 11 is 3.51. The molecule has 3 rings (SSSR count). The Bertz CT molecular complexity index is 906. The van der Waals surface area contributed by atoms with E-state index in [1.807, 2.05) is 24.3 Å². The molecule has 0 aliphatic heterocycles. The number of nitrogens with two attached hydrogens (primary N) is 1. The number of aromatic nitrogens is 4. The molecule has 0 spiro atoms. The summed E-state index contributed by atoms with van der Waals surface area (Å²) in [6.07, 6.45) is 1.61. The highest BCUT2D eigenvalue weighted by Gasteiger charge is 2.14. The molecule has 0 aliphatic carbocycles. The minimum absolute atomic E-state index is 0.178. The SMILES string of the molecule is Cn1nc(-c2cnc(N)nc2-c2ccccc2Br)ccc1=O. The molecule has 7 heteroatoms. The first-order valence-electron chi connectivity index (χ1n) is 6.48. The first-order chi connectivity index (χ1) is 10.6. The summed E-state index contributed by atoms with van der Waals surface area (Å²) in [5, 5.41) is 4.26. The molecule has 0 bridgehead atoms. The Morgan fingerprint density at radius 3 is 2.64 bits per heavy atom. The molecule has 110 valence electrons. The fourth-order valence-corrected chi connectivity index (χ4v) is 2.56. The lowest BCUT2D eigenvalue weighted by Crippen LogP contribution is -2.18. The summed E-state index contributed by atoms with van der Waals surface area (Å²) in [7, 11) is 1.60. The van der Waals surface area contributed by atoms with Crippen LogP contribution < -0.4 is 11.3 Å². The summed E-state index contributed by atoms with van der Waals surface area (Å²) in [5.74, 6) is 0.180. The van der Waals surface area contributed by atoms with E-state index in [-0.39, 0.29) is 11.5 Å². The number of hydrogen-bond donors (Lipinski definition) is 1. The highest BCUT2D eigenvalue weighted by molar-refractivity contribution is 9.10. The second-order valence-corrected chi connectivity index (χ2v) is 5.51. The zero-order chi connectivity index (χ0) is 15.7. The normalized spacial score (nSPS) is 10.6. The third-order valence-corrected chi connectivity index (χ3v) is 3.86. The van der Waals surface area contributed by atoms with Crippen molar-refractivity contribution >= 4 is 21.9 Å². The van der Waals surface area contributed by atoms with Gasteiger partial charge in [-0.2, -0.15) is 5.10 Å². The minimum atomic E-state index is -0.178. The van der Waals surface area contributed by atoms with Gasteiger partial charge in [-0.1, -0.05) is 34.1 Å². The molecule has 22 heavy (non-hydrogen) atoms. The van der Waals surface area contributed by atoms with Crippen LogP contribution in [0.2, 0.25) is 0 Å². The van der Waals surface area contributed by atoms with Crippen LogP contribution in [-0.4, -0.2) is 19.7 Å². The summed E-state index contributed by atoms with van der Waals surface area (Å²) in [6.45, 7) is 0. The van der Waals surface area contributed by atoms with E-state index >= 15 is 0 Å². The quantitative estimate of drug-likeness (QED) is 0.759. The molecule has 0 saturated heterocycles. The molecule has 2 aromatic heterocycles. The second kappa shape index (κ2) is 5.69. The van der Waals surface area contributed by atoms with Crippen LogP contribution in [0.1, 0.15) is 0 Å². The Balaban J connectivity index is 2.27. The molecule has 2 heterocycles. The van der Waals surface area contributed by atoms with E-state index < -0.39 is 0 Å². The van der Waals surface area contributed by atoms with Gasteiger partial charge in [0.15, 0.2) is 0 Å². The van der Waals surface area contributed by atoms with Crippen LogP contribution >= 0.6 is 15.9 Å². The fourth-order valence-electron chi connectivity index (χ4n) is 2.09. The van der Waals surface area contributed by atoms with Crippen molar-refractivity contribution < 1.29 is 0 Å². The van der Waals surface area contributed by atoms with Crippen molar-refractivity contribution in [1.29, 1.82) is 0 Å². The van der Waals surface area contributed by atoms with E-state index in [4.69, 9.17) is 5.73 Å². The van der Waals surface area contributed by atoms with Gasteiger partial charge in [-0.15, -0.1) is 0 Å². The predicted molar refractivity (Wildman–Crippen MR) is 88.1 cm³/mol. The average molecular weight is 358 g/mol. The van der Waals surface area contributed by atoms with Gasteiger partial charge in [0.1, 0.15) is 0 Å². The van der Waals surface area contributed by atoms with Crippen LogP contribution in [0.5, 0.6) is 0 Å². The Kier molecular flexibility index (Phi) is 3.72. The van der Waals surface area contributed by atoms with Crippen molar-refractivity contribution in [2.75, 3.05) is 5.73 Å². The Hall–Kier alpha value is -2.54. The highest BCUT2D eigenvalue weighted by Crippen LogP contribution is 2.33. The van der Waals surface area contributed by atoms with E-state index in [2.05, 4.69) is 31.0 Å². The number of hydrogen-bond acceptors (Lipinski definition) is 5. The Morgan fingerprint density at radius 2 is 1.91 bits per heavy atom. The molecule has 2 N–H and O–H groups in total.